The number of nitrogens with zero attached hydrogens (tertiary/aromatic N) is 1. The molecule has 1 aliphatic heterocycles. The fourth-order valence-corrected chi connectivity index (χ4v) is 3.22. The van der Waals surface area contributed by atoms with Crippen LogP contribution < -0.4 is 14.8 Å². The molecule has 5 nitrogen and oxygen atoms in total. The molecule has 0 saturated carbocycles. The highest BCUT2D eigenvalue weighted by molar-refractivity contribution is 5.97. The molecule has 5 heteroatoms. The van der Waals surface area contributed by atoms with E-state index in [1.807, 2.05) is 19.1 Å². The van der Waals surface area contributed by atoms with Gasteiger partial charge >= 0.3 is 0 Å². The summed E-state index contributed by atoms with van der Waals surface area (Å²) in [4.78, 5) is 15.0. The molecule has 1 N–H and O–H groups in total. The minimum Gasteiger partial charge on any atom is -0.494 e. The summed E-state index contributed by atoms with van der Waals surface area (Å²) in [6, 6.07) is 13.6. The van der Waals surface area contributed by atoms with Gasteiger partial charge in [0.1, 0.15) is 17.2 Å². The lowest BCUT2D eigenvalue weighted by molar-refractivity contribution is -0.121. The maximum absolute atomic E-state index is 12.8. The molecule has 0 aliphatic carbocycles. The van der Waals surface area contributed by atoms with Crippen LogP contribution in [0.5, 0.6) is 11.5 Å². The van der Waals surface area contributed by atoms with E-state index >= 15 is 0 Å². The summed E-state index contributed by atoms with van der Waals surface area (Å²) in [5, 5.41) is 2.97. The van der Waals surface area contributed by atoms with E-state index in [2.05, 4.69) is 28.4 Å². The lowest BCUT2D eigenvalue weighted by Gasteiger charge is -2.33. The predicted octanol–water partition coefficient (Wildman–Crippen LogP) is 3.09. The third-order valence-corrected chi connectivity index (χ3v) is 4.76. The molecule has 1 atom stereocenters. The molecule has 0 aromatic heterocycles. The number of methoxy groups -OCH3 is 2. The van der Waals surface area contributed by atoms with Gasteiger partial charge in [0.15, 0.2) is 0 Å². The van der Waals surface area contributed by atoms with E-state index in [-0.39, 0.29) is 11.9 Å². The number of anilines is 1. The fourth-order valence-electron chi connectivity index (χ4n) is 3.22. The maximum Gasteiger partial charge on any atom is 0.241 e. The van der Waals surface area contributed by atoms with E-state index in [0.717, 1.165) is 19.5 Å². The Kier molecular flexibility index (Phi) is 5.24. The van der Waals surface area contributed by atoms with Gasteiger partial charge in [-0.1, -0.05) is 30.3 Å². The Morgan fingerprint density at radius 3 is 2.32 bits per heavy atom. The molecule has 25 heavy (non-hydrogen) atoms. The van der Waals surface area contributed by atoms with Crippen LogP contribution in [0.15, 0.2) is 42.5 Å². The lowest BCUT2D eigenvalue weighted by Crippen LogP contribution is -2.44. The van der Waals surface area contributed by atoms with E-state index in [1.165, 1.54) is 11.1 Å². The zero-order chi connectivity index (χ0) is 17.8. The lowest BCUT2D eigenvalue weighted by atomic mass is 9.99. The normalized spacial score (nSPS) is 15.2. The standard InChI is InChI=1S/C20H24N2O3/c1-14(22-12-11-15-7-4-5-8-16(15)13-22)20(23)21-19-17(24-2)9-6-10-18(19)25-3/h4-10,14H,11-13H2,1-3H3,(H,21,23). The Bertz CT molecular complexity index is 738. The van der Waals surface area contributed by atoms with Gasteiger partial charge in [0.05, 0.1) is 20.3 Å². The SMILES string of the molecule is COc1cccc(OC)c1NC(=O)C(C)N1CCc2ccccc2C1. The summed E-state index contributed by atoms with van der Waals surface area (Å²) in [5.41, 5.74) is 3.24. The molecule has 0 bridgehead atoms. The second kappa shape index (κ2) is 7.57. The summed E-state index contributed by atoms with van der Waals surface area (Å²) in [5.74, 6) is 1.11. The first-order valence-corrected chi connectivity index (χ1v) is 8.46. The van der Waals surface area contributed by atoms with Gasteiger partial charge in [0.25, 0.3) is 0 Å². The third kappa shape index (κ3) is 3.61. The first-order valence-electron chi connectivity index (χ1n) is 8.46. The average Bonchev–Trinajstić information content (AvgIpc) is 2.67. The summed E-state index contributed by atoms with van der Waals surface area (Å²) in [6.07, 6.45) is 0.964. The van der Waals surface area contributed by atoms with Crippen LogP contribution in [0.1, 0.15) is 18.1 Å². The number of amides is 1. The molecule has 0 radical (unpaired) electrons. The number of hydrogen-bond acceptors (Lipinski definition) is 4. The molecule has 0 saturated heterocycles. The molecule has 1 heterocycles. The molecule has 132 valence electrons. The summed E-state index contributed by atoms with van der Waals surface area (Å²) in [7, 11) is 3.16. The Morgan fingerprint density at radius 2 is 1.68 bits per heavy atom. The van der Waals surface area contributed by atoms with Crippen molar-refractivity contribution in [1.29, 1.82) is 0 Å². The van der Waals surface area contributed by atoms with Gasteiger partial charge in [0, 0.05) is 13.1 Å². The van der Waals surface area contributed by atoms with Crippen molar-refractivity contribution in [2.24, 2.45) is 0 Å². The van der Waals surface area contributed by atoms with Gasteiger partial charge in [0.2, 0.25) is 5.91 Å². The van der Waals surface area contributed by atoms with Gasteiger partial charge in [-0.3, -0.25) is 9.69 Å². The highest BCUT2D eigenvalue weighted by Gasteiger charge is 2.26. The average molecular weight is 340 g/mol. The zero-order valence-corrected chi connectivity index (χ0v) is 14.9. The molecular formula is C20H24N2O3. The number of benzene rings is 2. The number of carbonyl (C=O) groups is 1. The Balaban J connectivity index is 1.74. The van der Waals surface area contributed by atoms with E-state index in [0.29, 0.717) is 17.2 Å². The van der Waals surface area contributed by atoms with Crippen molar-refractivity contribution in [3.8, 4) is 11.5 Å². The van der Waals surface area contributed by atoms with Crippen molar-refractivity contribution < 1.29 is 14.3 Å². The number of fused-ring (bicyclic) bond motifs is 1. The van der Waals surface area contributed by atoms with Crippen LogP contribution in [0, 0.1) is 0 Å². The number of hydrogen-bond donors (Lipinski definition) is 1. The summed E-state index contributed by atoms with van der Waals surface area (Å²) in [6.45, 7) is 3.59. The molecule has 0 spiro atoms. The zero-order valence-electron chi connectivity index (χ0n) is 14.9. The van der Waals surface area contributed by atoms with Crippen LogP contribution in [0.3, 0.4) is 0 Å². The molecule has 0 fully saturated rings. The Labute approximate surface area is 148 Å². The molecule has 2 aromatic rings. The van der Waals surface area contributed by atoms with E-state index in [1.54, 1.807) is 26.4 Å². The Morgan fingerprint density at radius 1 is 1.04 bits per heavy atom. The molecular weight excluding hydrogens is 316 g/mol. The molecule has 1 unspecified atom stereocenters. The van der Waals surface area contributed by atoms with Crippen LogP contribution in [-0.2, 0) is 17.8 Å². The number of ether oxygens (including phenoxy) is 2. The van der Waals surface area contributed by atoms with Crippen molar-refractivity contribution in [2.45, 2.75) is 25.9 Å². The summed E-state index contributed by atoms with van der Waals surface area (Å²) < 4.78 is 10.7. The highest BCUT2D eigenvalue weighted by atomic mass is 16.5. The van der Waals surface area contributed by atoms with E-state index in [4.69, 9.17) is 9.47 Å². The van der Waals surface area contributed by atoms with Gasteiger partial charge < -0.3 is 14.8 Å². The molecule has 2 aromatic carbocycles. The minimum atomic E-state index is -0.247. The van der Waals surface area contributed by atoms with Crippen molar-refractivity contribution >= 4 is 11.6 Å². The summed E-state index contributed by atoms with van der Waals surface area (Å²) >= 11 is 0. The van der Waals surface area contributed by atoms with Gasteiger partial charge in [-0.2, -0.15) is 0 Å². The number of para-hydroxylation sites is 1. The highest BCUT2D eigenvalue weighted by Crippen LogP contribution is 2.34. The molecule has 1 amide bonds. The second-order valence-electron chi connectivity index (χ2n) is 6.19. The number of carbonyl (C=O) groups excluding carboxylic acids is 1. The minimum absolute atomic E-state index is 0.0674. The quantitative estimate of drug-likeness (QED) is 0.909. The second-order valence-corrected chi connectivity index (χ2v) is 6.19. The van der Waals surface area contributed by atoms with E-state index in [9.17, 15) is 4.79 Å². The topological polar surface area (TPSA) is 50.8 Å². The molecule has 1 aliphatic rings. The first-order chi connectivity index (χ1) is 12.1. The molecule has 3 rings (SSSR count). The monoisotopic (exact) mass is 340 g/mol. The van der Waals surface area contributed by atoms with Crippen molar-refractivity contribution in [3.63, 3.8) is 0 Å². The van der Waals surface area contributed by atoms with Crippen LogP contribution >= 0.6 is 0 Å². The van der Waals surface area contributed by atoms with Crippen LogP contribution in [0.25, 0.3) is 0 Å². The van der Waals surface area contributed by atoms with Gasteiger partial charge in [-0.15, -0.1) is 0 Å². The number of rotatable bonds is 5. The predicted molar refractivity (Wildman–Crippen MR) is 98.2 cm³/mol. The van der Waals surface area contributed by atoms with Crippen LogP contribution in [0.2, 0.25) is 0 Å². The van der Waals surface area contributed by atoms with Crippen molar-refractivity contribution in [3.05, 3.63) is 53.6 Å². The smallest absolute Gasteiger partial charge is 0.241 e. The van der Waals surface area contributed by atoms with Gasteiger partial charge in [-0.25, -0.2) is 0 Å². The van der Waals surface area contributed by atoms with Crippen molar-refractivity contribution in [2.75, 3.05) is 26.1 Å². The first kappa shape index (κ1) is 17.3. The Hall–Kier alpha value is -2.53. The third-order valence-electron chi connectivity index (χ3n) is 4.76. The van der Waals surface area contributed by atoms with Crippen LogP contribution in [0.4, 0.5) is 5.69 Å². The maximum atomic E-state index is 12.8. The van der Waals surface area contributed by atoms with Crippen LogP contribution in [-0.4, -0.2) is 37.6 Å². The van der Waals surface area contributed by atoms with Gasteiger partial charge in [-0.05, 0) is 36.6 Å². The largest absolute Gasteiger partial charge is 0.494 e. The van der Waals surface area contributed by atoms with Crippen molar-refractivity contribution in [1.82, 2.24) is 4.90 Å². The van der Waals surface area contributed by atoms with E-state index < -0.39 is 0 Å². The number of nitrogens with one attached hydrogen (secondary N) is 1. The fraction of sp³-hybridized carbons (Fsp3) is 0.350.